The van der Waals surface area contributed by atoms with Crippen LogP contribution in [0.5, 0.6) is 5.75 Å². The monoisotopic (exact) mass is 269 g/mol. The zero-order chi connectivity index (χ0) is 14.5. The van der Waals surface area contributed by atoms with Gasteiger partial charge in [0.25, 0.3) is 0 Å². The minimum atomic E-state index is 0.329. The fraction of sp³-hybridized carbons (Fsp3) is 0.333. The summed E-state index contributed by atoms with van der Waals surface area (Å²) in [6.45, 7) is 6.46. The molecule has 20 heavy (non-hydrogen) atoms. The summed E-state index contributed by atoms with van der Waals surface area (Å²) >= 11 is 0. The molecule has 0 bridgehead atoms. The molecular formula is C18H23NO. The van der Waals surface area contributed by atoms with E-state index in [0.717, 1.165) is 12.8 Å². The summed E-state index contributed by atoms with van der Waals surface area (Å²) in [5.74, 6) is 0.329. The van der Waals surface area contributed by atoms with Crippen LogP contribution in [0.15, 0.2) is 42.5 Å². The zero-order valence-corrected chi connectivity index (χ0v) is 12.5. The molecule has 1 unspecified atom stereocenters. The molecule has 0 fully saturated rings. The third-order valence-electron chi connectivity index (χ3n) is 3.60. The number of phenolic OH excluding ortho intramolecular Hbond substituents is 1. The topological polar surface area (TPSA) is 32.3 Å². The summed E-state index contributed by atoms with van der Waals surface area (Å²) in [4.78, 5) is 0. The smallest absolute Gasteiger partial charge is 0.115 e. The van der Waals surface area contributed by atoms with Gasteiger partial charge in [-0.2, -0.15) is 0 Å². The van der Waals surface area contributed by atoms with Crippen molar-refractivity contribution in [2.24, 2.45) is 0 Å². The van der Waals surface area contributed by atoms with E-state index in [0.29, 0.717) is 11.8 Å². The maximum atomic E-state index is 9.27. The van der Waals surface area contributed by atoms with Crippen LogP contribution in [0.1, 0.15) is 30.0 Å². The molecule has 106 valence electrons. The third kappa shape index (κ3) is 4.02. The van der Waals surface area contributed by atoms with Gasteiger partial charge in [-0.05, 0) is 68.5 Å². The lowest BCUT2D eigenvalue weighted by Gasteiger charge is -2.17. The Morgan fingerprint density at radius 3 is 2.45 bits per heavy atom. The Labute approximate surface area is 121 Å². The molecule has 2 nitrogen and oxygen atoms in total. The first kappa shape index (κ1) is 14.4. The quantitative estimate of drug-likeness (QED) is 0.841. The second kappa shape index (κ2) is 6.47. The summed E-state index contributed by atoms with van der Waals surface area (Å²) < 4.78 is 0. The molecule has 0 saturated heterocycles. The van der Waals surface area contributed by atoms with Crippen LogP contribution in [0, 0.1) is 13.8 Å². The molecule has 2 aromatic rings. The van der Waals surface area contributed by atoms with Crippen molar-refractivity contribution in [1.82, 2.24) is 0 Å². The van der Waals surface area contributed by atoms with Crippen molar-refractivity contribution < 1.29 is 5.11 Å². The molecule has 0 aliphatic heterocycles. The van der Waals surface area contributed by atoms with Crippen molar-refractivity contribution in [3.8, 4) is 5.75 Å². The predicted octanol–water partition coefficient (Wildman–Crippen LogP) is 4.44. The summed E-state index contributed by atoms with van der Waals surface area (Å²) in [5.41, 5.74) is 5.05. The molecule has 1 atom stereocenters. The molecular weight excluding hydrogens is 246 g/mol. The fourth-order valence-corrected chi connectivity index (χ4v) is 2.27. The Kier molecular flexibility index (Phi) is 4.67. The van der Waals surface area contributed by atoms with Gasteiger partial charge in [0, 0.05) is 11.7 Å². The molecule has 0 spiro atoms. The van der Waals surface area contributed by atoms with Gasteiger partial charge in [0.2, 0.25) is 0 Å². The fourth-order valence-electron chi connectivity index (χ4n) is 2.27. The van der Waals surface area contributed by atoms with Crippen LogP contribution in [0.2, 0.25) is 0 Å². The Hall–Kier alpha value is -1.96. The highest BCUT2D eigenvalue weighted by Gasteiger charge is 2.05. The number of hydrogen-bond acceptors (Lipinski definition) is 2. The van der Waals surface area contributed by atoms with E-state index in [1.54, 1.807) is 12.1 Å². The Morgan fingerprint density at radius 2 is 1.75 bits per heavy atom. The van der Waals surface area contributed by atoms with Crippen molar-refractivity contribution in [2.45, 2.75) is 39.7 Å². The second-order valence-electron chi connectivity index (χ2n) is 5.57. The van der Waals surface area contributed by atoms with E-state index >= 15 is 0 Å². The van der Waals surface area contributed by atoms with E-state index in [1.165, 1.54) is 22.4 Å². The lowest BCUT2D eigenvalue weighted by atomic mass is 10.0. The molecule has 0 heterocycles. The summed E-state index contributed by atoms with van der Waals surface area (Å²) in [7, 11) is 0. The van der Waals surface area contributed by atoms with Gasteiger partial charge in [-0.3, -0.25) is 0 Å². The predicted molar refractivity (Wildman–Crippen MR) is 85.4 cm³/mol. The zero-order valence-electron chi connectivity index (χ0n) is 12.5. The van der Waals surface area contributed by atoms with Crippen molar-refractivity contribution >= 4 is 5.69 Å². The molecule has 2 heteroatoms. The number of hydrogen-bond donors (Lipinski definition) is 2. The van der Waals surface area contributed by atoms with Crippen LogP contribution in [0.25, 0.3) is 0 Å². The second-order valence-corrected chi connectivity index (χ2v) is 5.57. The molecule has 0 radical (unpaired) electrons. The van der Waals surface area contributed by atoms with E-state index in [2.05, 4.69) is 44.3 Å². The van der Waals surface area contributed by atoms with Crippen molar-refractivity contribution in [2.75, 3.05) is 5.32 Å². The molecule has 0 saturated carbocycles. The van der Waals surface area contributed by atoms with Gasteiger partial charge >= 0.3 is 0 Å². The first-order valence-electron chi connectivity index (χ1n) is 7.16. The van der Waals surface area contributed by atoms with E-state index in [1.807, 2.05) is 12.1 Å². The maximum absolute atomic E-state index is 9.27. The van der Waals surface area contributed by atoms with Crippen molar-refractivity contribution in [3.63, 3.8) is 0 Å². The van der Waals surface area contributed by atoms with E-state index in [-0.39, 0.29) is 0 Å². The highest BCUT2D eigenvalue weighted by atomic mass is 16.3. The van der Waals surface area contributed by atoms with Crippen molar-refractivity contribution in [1.29, 1.82) is 0 Å². The average Bonchev–Trinajstić information content (AvgIpc) is 2.42. The maximum Gasteiger partial charge on any atom is 0.115 e. The Balaban J connectivity index is 1.90. The molecule has 2 aromatic carbocycles. The van der Waals surface area contributed by atoms with Crippen LogP contribution in [-0.2, 0) is 6.42 Å². The highest BCUT2D eigenvalue weighted by molar-refractivity contribution is 5.53. The van der Waals surface area contributed by atoms with Gasteiger partial charge in [0.05, 0.1) is 0 Å². The van der Waals surface area contributed by atoms with Crippen molar-refractivity contribution in [3.05, 3.63) is 59.2 Å². The Bertz CT molecular complexity index is 560. The average molecular weight is 269 g/mol. The minimum Gasteiger partial charge on any atom is -0.508 e. The normalized spacial score (nSPS) is 12.2. The highest BCUT2D eigenvalue weighted by Crippen LogP contribution is 2.19. The first-order valence-corrected chi connectivity index (χ1v) is 7.16. The molecule has 2 rings (SSSR count). The van der Waals surface area contributed by atoms with Gasteiger partial charge < -0.3 is 10.4 Å². The first-order chi connectivity index (χ1) is 9.54. The van der Waals surface area contributed by atoms with Crippen LogP contribution >= 0.6 is 0 Å². The largest absolute Gasteiger partial charge is 0.508 e. The van der Waals surface area contributed by atoms with E-state index < -0.39 is 0 Å². The SMILES string of the molecule is Cc1ccc(C)c(NC(C)CCc2ccc(O)cc2)c1. The van der Waals surface area contributed by atoms with Gasteiger partial charge in [-0.1, -0.05) is 24.3 Å². The van der Waals surface area contributed by atoms with Crippen LogP contribution < -0.4 is 5.32 Å². The van der Waals surface area contributed by atoms with Gasteiger partial charge in [-0.15, -0.1) is 0 Å². The van der Waals surface area contributed by atoms with E-state index in [9.17, 15) is 5.11 Å². The van der Waals surface area contributed by atoms with Gasteiger partial charge in [-0.25, -0.2) is 0 Å². The molecule has 0 aromatic heterocycles. The number of aromatic hydroxyl groups is 1. The Morgan fingerprint density at radius 1 is 1.05 bits per heavy atom. The lowest BCUT2D eigenvalue weighted by molar-refractivity contribution is 0.475. The lowest BCUT2D eigenvalue weighted by Crippen LogP contribution is -2.16. The summed E-state index contributed by atoms with van der Waals surface area (Å²) in [6, 6.07) is 14.4. The van der Waals surface area contributed by atoms with E-state index in [4.69, 9.17) is 0 Å². The third-order valence-corrected chi connectivity index (χ3v) is 3.60. The molecule has 0 aliphatic carbocycles. The number of phenols is 1. The summed E-state index contributed by atoms with van der Waals surface area (Å²) in [5, 5.41) is 12.9. The number of anilines is 1. The number of benzene rings is 2. The number of aryl methyl sites for hydroxylation is 3. The minimum absolute atomic E-state index is 0.329. The summed E-state index contributed by atoms with van der Waals surface area (Å²) in [6.07, 6.45) is 2.08. The van der Waals surface area contributed by atoms with Gasteiger partial charge in [0.1, 0.15) is 5.75 Å². The van der Waals surface area contributed by atoms with Crippen LogP contribution in [0.4, 0.5) is 5.69 Å². The number of rotatable bonds is 5. The standard InChI is InChI=1S/C18H23NO/c1-13-4-5-14(2)18(12-13)19-15(3)6-7-16-8-10-17(20)11-9-16/h4-5,8-12,15,19-20H,6-7H2,1-3H3. The molecule has 0 amide bonds. The molecule has 0 aliphatic rings. The van der Waals surface area contributed by atoms with Crippen LogP contribution in [0.3, 0.4) is 0 Å². The van der Waals surface area contributed by atoms with Crippen LogP contribution in [-0.4, -0.2) is 11.1 Å². The van der Waals surface area contributed by atoms with Gasteiger partial charge in [0.15, 0.2) is 0 Å². The molecule has 2 N–H and O–H groups in total. The number of nitrogens with one attached hydrogen (secondary N) is 1.